The van der Waals surface area contributed by atoms with Crippen LogP contribution in [0.4, 0.5) is 0 Å². The van der Waals surface area contributed by atoms with E-state index < -0.39 is 0 Å². The average Bonchev–Trinajstić information content (AvgIpc) is 3.12. The van der Waals surface area contributed by atoms with Gasteiger partial charge in [0.15, 0.2) is 11.6 Å². The molecule has 0 radical (unpaired) electrons. The number of carbonyl (C=O) groups excluding carboxylic acids is 1. The molecule has 0 aliphatic rings. The molecule has 3 rings (SSSR count). The Morgan fingerprint density at radius 1 is 1.35 bits per heavy atom. The van der Waals surface area contributed by atoms with Crippen molar-refractivity contribution >= 4 is 16.7 Å². The van der Waals surface area contributed by atoms with Crippen LogP contribution in [0.1, 0.15) is 29.5 Å². The van der Waals surface area contributed by atoms with E-state index in [-0.39, 0.29) is 5.78 Å². The number of hydrogen-bond acceptors (Lipinski definition) is 4. The van der Waals surface area contributed by atoms with E-state index in [2.05, 4.69) is 25.2 Å². The zero-order valence-electron chi connectivity index (χ0n) is 11.2. The van der Waals surface area contributed by atoms with Crippen LogP contribution < -0.4 is 0 Å². The molecule has 0 unspecified atom stereocenters. The number of fused-ring (bicyclic) bond motifs is 1. The fraction of sp³-hybridized carbons (Fsp3) is 0.286. The number of Topliss-reactive ketones (excluding diaryl/α,β-unsaturated/α-hetero) is 1. The third kappa shape index (κ3) is 2.20. The Morgan fingerprint density at radius 2 is 2.20 bits per heavy atom. The zero-order chi connectivity index (χ0) is 13.9. The lowest BCUT2D eigenvalue weighted by Gasteiger charge is -2.02. The molecular weight excluding hydrogens is 254 g/mol. The number of para-hydroxylation sites is 1. The number of tetrazole rings is 1. The summed E-state index contributed by atoms with van der Waals surface area (Å²) in [4.78, 5) is 12.0. The van der Waals surface area contributed by atoms with Crippen LogP contribution in [-0.2, 0) is 13.0 Å². The van der Waals surface area contributed by atoms with Gasteiger partial charge in [-0.15, -0.1) is 10.2 Å². The quantitative estimate of drug-likeness (QED) is 0.719. The van der Waals surface area contributed by atoms with Gasteiger partial charge in [0.2, 0.25) is 0 Å². The highest BCUT2D eigenvalue weighted by Gasteiger charge is 2.13. The van der Waals surface area contributed by atoms with E-state index >= 15 is 0 Å². The van der Waals surface area contributed by atoms with E-state index in [9.17, 15) is 4.79 Å². The number of aromatic nitrogens is 5. The molecule has 20 heavy (non-hydrogen) atoms. The minimum Gasteiger partial charge on any atom is -0.346 e. The molecule has 0 saturated carbocycles. The van der Waals surface area contributed by atoms with Gasteiger partial charge >= 0.3 is 0 Å². The molecule has 2 heterocycles. The summed E-state index contributed by atoms with van der Waals surface area (Å²) in [5.41, 5.74) is 1.85. The van der Waals surface area contributed by atoms with Gasteiger partial charge in [-0.25, -0.2) is 0 Å². The molecule has 102 valence electrons. The van der Waals surface area contributed by atoms with Crippen LogP contribution in [0.15, 0.2) is 30.5 Å². The summed E-state index contributed by atoms with van der Waals surface area (Å²) >= 11 is 0. The molecule has 6 nitrogen and oxygen atoms in total. The van der Waals surface area contributed by atoms with E-state index in [4.69, 9.17) is 0 Å². The Morgan fingerprint density at radius 3 is 2.95 bits per heavy atom. The number of H-pyrrole nitrogens is 1. The normalized spacial score (nSPS) is 11.1. The second-order valence-electron chi connectivity index (χ2n) is 4.61. The van der Waals surface area contributed by atoms with Gasteiger partial charge in [-0.1, -0.05) is 30.3 Å². The lowest BCUT2D eigenvalue weighted by atomic mass is 10.1. The van der Waals surface area contributed by atoms with Crippen LogP contribution in [0, 0.1) is 0 Å². The predicted octanol–water partition coefficient (Wildman–Crippen LogP) is 1.99. The van der Waals surface area contributed by atoms with Crippen LogP contribution in [0.5, 0.6) is 0 Å². The fourth-order valence-electron chi connectivity index (χ4n) is 2.35. The van der Waals surface area contributed by atoms with Gasteiger partial charge in [0.1, 0.15) is 0 Å². The number of aromatic amines is 1. The summed E-state index contributed by atoms with van der Waals surface area (Å²) in [6.45, 7) is 2.60. The zero-order valence-corrected chi connectivity index (χ0v) is 11.2. The molecule has 0 fully saturated rings. The van der Waals surface area contributed by atoms with Crippen molar-refractivity contribution in [2.24, 2.45) is 0 Å². The smallest absolute Gasteiger partial charge is 0.176 e. The highest BCUT2D eigenvalue weighted by Crippen LogP contribution is 2.22. The van der Waals surface area contributed by atoms with Gasteiger partial charge in [0.25, 0.3) is 0 Å². The second-order valence-corrected chi connectivity index (χ2v) is 4.61. The van der Waals surface area contributed by atoms with Gasteiger partial charge in [-0.2, -0.15) is 5.21 Å². The van der Waals surface area contributed by atoms with Gasteiger partial charge in [-0.3, -0.25) is 4.79 Å². The van der Waals surface area contributed by atoms with Crippen molar-refractivity contribution < 1.29 is 4.79 Å². The highest BCUT2D eigenvalue weighted by molar-refractivity contribution is 6.07. The van der Waals surface area contributed by atoms with Crippen LogP contribution in [0.3, 0.4) is 0 Å². The first-order valence-corrected chi connectivity index (χ1v) is 6.63. The second kappa shape index (κ2) is 5.24. The number of rotatable bonds is 5. The van der Waals surface area contributed by atoms with Crippen LogP contribution in [0.2, 0.25) is 0 Å². The summed E-state index contributed by atoms with van der Waals surface area (Å²) in [7, 11) is 0. The SMILES string of the molecule is CCC(=O)c1cn(CCc2nn[nH]n2)c2ccccc12. The predicted molar refractivity (Wildman–Crippen MR) is 74.4 cm³/mol. The number of carbonyl (C=O) groups is 1. The molecule has 0 atom stereocenters. The average molecular weight is 269 g/mol. The Hall–Kier alpha value is -2.50. The van der Waals surface area contributed by atoms with Crippen molar-refractivity contribution in [1.29, 1.82) is 0 Å². The molecule has 2 aromatic heterocycles. The number of aryl methyl sites for hydroxylation is 2. The molecule has 0 spiro atoms. The largest absolute Gasteiger partial charge is 0.346 e. The molecule has 0 bridgehead atoms. The molecule has 6 heteroatoms. The maximum Gasteiger partial charge on any atom is 0.176 e. The van der Waals surface area contributed by atoms with Gasteiger partial charge < -0.3 is 4.57 Å². The highest BCUT2D eigenvalue weighted by atomic mass is 16.1. The molecule has 0 aliphatic heterocycles. The minimum atomic E-state index is 0.166. The van der Waals surface area contributed by atoms with Gasteiger partial charge in [0, 0.05) is 42.0 Å². The van der Waals surface area contributed by atoms with Crippen molar-refractivity contribution in [2.45, 2.75) is 26.3 Å². The summed E-state index contributed by atoms with van der Waals surface area (Å²) in [6, 6.07) is 7.95. The molecule has 0 aliphatic carbocycles. The molecule has 1 aromatic carbocycles. The fourth-order valence-corrected chi connectivity index (χ4v) is 2.35. The maximum atomic E-state index is 12.0. The van der Waals surface area contributed by atoms with E-state index in [0.29, 0.717) is 18.7 Å². The Labute approximate surface area is 115 Å². The first kappa shape index (κ1) is 12.5. The van der Waals surface area contributed by atoms with Gasteiger partial charge in [0.05, 0.1) is 0 Å². The summed E-state index contributed by atoms with van der Waals surface area (Å²) < 4.78 is 2.08. The first-order valence-electron chi connectivity index (χ1n) is 6.63. The Balaban J connectivity index is 1.96. The third-order valence-corrected chi connectivity index (χ3v) is 3.38. The monoisotopic (exact) mass is 269 g/mol. The van der Waals surface area contributed by atoms with E-state index in [1.807, 2.05) is 37.4 Å². The van der Waals surface area contributed by atoms with E-state index in [0.717, 1.165) is 23.0 Å². The lowest BCUT2D eigenvalue weighted by molar-refractivity contribution is 0.0989. The van der Waals surface area contributed by atoms with Gasteiger partial charge in [-0.05, 0) is 6.07 Å². The standard InChI is InChI=1S/C14H15N5O/c1-2-13(20)11-9-19(8-7-14-15-17-18-16-14)12-6-4-3-5-10(11)12/h3-6,9H,2,7-8H2,1H3,(H,15,16,17,18). The number of hydrogen-bond donors (Lipinski definition) is 1. The Bertz CT molecular complexity index is 729. The van der Waals surface area contributed by atoms with Crippen molar-refractivity contribution in [1.82, 2.24) is 25.2 Å². The summed E-state index contributed by atoms with van der Waals surface area (Å²) in [6.07, 6.45) is 3.12. The van der Waals surface area contributed by atoms with E-state index in [1.165, 1.54) is 0 Å². The number of nitrogens with one attached hydrogen (secondary N) is 1. The molecule has 3 aromatic rings. The summed E-state index contributed by atoms with van der Waals surface area (Å²) in [5.74, 6) is 0.839. The molecular formula is C14H15N5O. The lowest BCUT2D eigenvalue weighted by Crippen LogP contribution is -2.02. The third-order valence-electron chi connectivity index (χ3n) is 3.38. The Kier molecular flexibility index (Phi) is 3.28. The topological polar surface area (TPSA) is 76.5 Å². The van der Waals surface area contributed by atoms with Crippen LogP contribution >= 0.6 is 0 Å². The first-order chi connectivity index (χ1) is 9.79. The molecule has 0 amide bonds. The van der Waals surface area contributed by atoms with Crippen molar-refractivity contribution in [3.05, 3.63) is 41.9 Å². The van der Waals surface area contributed by atoms with Crippen molar-refractivity contribution in [2.75, 3.05) is 0 Å². The number of benzene rings is 1. The van der Waals surface area contributed by atoms with E-state index in [1.54, 1.807) is 0 Å². The number of nitrogens with zero attached hydrogens (tertiary/aromatic N) is 4. The molecule has 1 N–H and O–H groups in total. The van der Waals surface area contributed by atoms with Crippen LogP contribution in [0.25, 0.3) is 10.9 Å². The maximum absolute atomic E-state index is 12.0. The van der Waals surface area contributed by atoms with Crippen LogP contribution in [-0.4, -0.2) is 31.0 Å². The minimum absolute atomic E-state index is 0.166. The number of ketones is 1. The molecule has 0 saturated heterocycles. The van der Waals surface area contributed by atoms with Crippen molar-refractivity contribution in [3.8, 4) is 0 Å². The summed E-state index contributed by atoms with van der Waals surface area (Å²) in [5, 5.41) is 14.9. The van der Waals surface area contributed by atoms with Crippen molar-refractivity contribution in [3.63, 3.8) is 0 Å².